The van der Waals surface area contributed by atoms with Crippen molar-refractivity contribution in [1.82, 2.24) is 0 Å². The highest BCUT2D eigenvalue weighted by molar-refractivity contribution is 6.31. The number of rotatable bonds is 3. The Hall–Kier alpha value is -2.92. The van der Waals surface area contributed by atoms with E-state index >= 15 is 0 Å². The molecule has 1 aliphatic heterocycles. The first-order valence-corrected chi connectivity index (χ1v) is 7.02. The molecular weight excluding hydrogens is 318 g/mol. The number of hydrogen-bond donors (Lipinski definition) is 1. The number of cyclic esters (lactones) is 1. The van der Waals surface area contributed by atoms with Crippen molar-refractivity contribution >= 4 is 35.5 Å². The number of carbonyl (C=O) groups is 2. The molecule has 0 spiro atoms. The van der Waals surface area contributed by atoms with Crippen LogP contribution in [0.1, 0.15) is 21.5 Å². The van der Waals surface area contributed by atoms with E-state index in [9.17, 15) is 9.59 Å². The average molecular weight is 328 g/mol. The zero-order valence-electron chi connectivity index (χ0n) is 11.7. The summed E-state index contributed by atoms with van der Waals surface area (Å²) in [6.45, 7) is 0. The number of halogens is 1. The third kappa shape index (κ3) is 3.30. The number of esters is 1. The fourth-order valence-corrected chi connectivity index (χ4v) is 2.22. The number of carboxylic acid groups (broad SMARTS) is 1. The lowest BCUT2D eigenvalue weighted by atomic mass is 10.1. The second-order valence-electron chi connectivity index (χ2n) is 4.77. The first-order valence-electron chi connectivity index (χ1n) is 6.65. The molecule has 0 fully saturated rings. The summed E-state index contributed by atoms with van der Waals surface area (Å²) in [6.07, 6.45) is 1.53. The second-order valence-corrected chi connectivity index (χ2v) is 5.21. The van der Waals surface area contributed by atoms with Gasteiger partial charge in [-0.05, 0) is 42.0 Å². The maximum absolute atomic E-state index is 11.9. The normalized spacial score (nSPS) is 15.4. The highest BCUT2D eigenvalue weighted by atomic mass is 35.5. The van der Waals surface area contributed by atoms with E-state index in [4.69, 9.17) is 21.4 Å². The van der Waals surface area contributed by atoms with E-state index in [1.807, 2.05) is 0 Å². The van der Waals surface area contributed by atoms with Crippen LogP contribution in [0.4, 0.5) is 0 Å². The Morgan fingerprint density at radius 2 is 1.91 bits per heavy atom. The van der Waals surface area contributed by atoms with Crippen LogP contribution in [0.3, 0.4) is 0 Å². The molecule has 0 aromatic heterocycles. The highest BCUT2D eigenvalue weighted by Crippen LogP contribution is 2.21. The summed E-state index contributed by atoms with van der Waals surface area (Å²) < 4.78 is 5.14. The molecule has 1 aliphatic rings. The number of ether oxygens (including phenoxy) is 1. The van der Waals surface area contributed by atoms with Crippen molar-refractivity contribution in [3.63, 3.8) is 0 Å². The van der Waals surface area contributed by atoms with E-state index in [0.29, 0.717) is 16.1 Å². The zero-order valence-corrected chi connectivity index (χ0v) is 12.4. The number of hydrogen-bond acceptors (Lipinski definition) is 4. The maximum Gasteiger partial charge on any atom is 0.363 e. The molecule has 6 heteroatoms. The van der Waals surface area contributed by atoms with Crippen LogP contribution in [-0.4, -0.2) is 22.9 Å². The van der Waals surface area contributed by atoms with Gasteiger partial charge in [-0.2, -0.15) is 0 Å². The van der Waals surface area contributed by atoms with Crippen LogP contribution < -0.4 is 0 Å². The van der Waals surface area contributed by atoms with Crippen LogP contribution in [0.25, 0.3) is 6.08 Å². The van der Waals surface area contributed by atoms with Crippen LogP contribution in [0.2, 0.25) is 5.02 Å². The monoisotopic (exact) mass is 327 g/mol. The van der Waals surface area contributed by atoms with Gasteiger partial charge < -0.3 is 9.84 Å². The predicted molar refractivity (Wildman–Crippen MR) is 85.5 cm³/mol. The third-order valence-electron chi connectivity index (χ3n) is 3.15. The predicted octanol–water partition coefficient (Wildman–Crippen LogP) is 3.38. The molecule has 0 aliphatic carbocycles. The number of aromatic carboxylic acids is 1. The van der Waals surface area contributed by atoms with Gasteiger partial charge in [-0.3, -0.25) is 0 Å². The molecule has 23 heavy (non-hydrogen) atoms. The summed E-state index contributed by atoms with van der Waals surface area (Å²) in [4.78, 5) is 26.9. The van der Waals surface area contributed by atoms with Crippen LogP contribution in [-0.2, 0) is 9.53 Å². The van der Waals surface area contributed by atoms with Gasteiger partial charge in [0.05, 0.1) is 5.56 Å². The van der Waals surface area contributed by atoms with Gasteiger partial charge in [0.2, 0.25) is 5.90 Å². The molecule has 0 bridgehead atoms. The van der Waals surface area contributed by atoms with Crippen molar-refractivity contribution < 1.29 is 19.4 Å². The van der Waals surface area contributed by atoms with Gasteiger partial charge in [-0.1, -0.05) is 29.8 Å². The lowest BCUT2D eigenvalue weighted by molar-refractivity contribution is -0.129. The lowest BCUT2D eigenvalue weighted by Crippen LogP contribution is -2.05. The minimum absolute atomic E-state index is 0.142. The molecule has 114 valence electrons. The molecule has 2 aromatic rings. The van der Waals surface area contributed by atoms with Gasteiger partial charge in [0.15, 0.2) is 5.70 Å². The van der Waals surface area contributed by atoms with Gasteiger partial charge in [0.25, 0.3) is 0 Å². The molecule has 0 saturated carbocycles. The van der Waals surface area contributed by atoms with Crippen molar-refractivity contribution in [3.05, 3.63) is 75.9 Å². The largest absolute Gasteiger partial charge is 0.478 e. The van der Waals surface area contributed by atoms with Gasteiger partial charge >= 0.3 is 11.9 Å². The minimum Gasteiger partial charge on any atom is -0.478 e. The maximum atomic E-state index is 11.9. The summed E-state index contributed by atoms with van der Waals surface area (Å²) in [7, 11) is 0. The van der Waals surface area contributed by atoms with E-state index in [2.05, 4.69) is 4.99 Å². The lowest BCUT2D eigenvalue weighted by Gasteiger charge is -1.99. The average Bonchev–Trinajstić information content (AvgIpc) is 2.89. The molecule has 2 aromatic carbocycles. The number of nitrogens with zero attached hydrogens (tertiary/aromatic N) is 1. The van der Waals surface area contributed by atoms with Gasteiger partial charge in [-0.25, -0.2) is 14.6 Å². The topological polar surface area (TPSA) is 76.0 Å². The quantitative estimate of drug-likeness (QED) is 0.692. The molecule has 0 atom stereocenters. The summed E-state index contributed by atoms with van der Waals surface area (Å²) in [5.41, 5.74) is 1.57. The van der Waals surface area contributed by atoms with Crippen LogP contribution in [0.5, 0.6) is 0 Å². The van der Waals surface area contributed by atoms with Crippen molar-refractivity contribution in [1.29, 1.82) is 0 Å². The summed E-state index contributed by atoms with van der Waals surface area (Å²) in [5.74, 6) is -1.39. The molecular formula is C17H10ClNO4. The Labute approximate surface area is 136 Å². The van der Waals surface area contributed by atoms with E-state index in [1.165, 1.54) is 18.2 Å². The zero-order chi connectivity index (χ0) is 16.4. The minimum atomic E-state index is -1.01. The number of carbonyl (C=O) groups excluding carboxylic acids is 1. The van der Waals surface area contributed by atoms with Crippen LogP contribution in [0.15, 0.2) is 59.2 Å². The highest BCUT2D eigenvalue weighted by Gasteiger charge is 2.24. The molecule has 0 radical (unpaired) electrons. The fraction of sp³-hybridized carbons (Fsp3) is 0. The number of benzene rings is 2. The van der Waals surface area contributed by atoms with Crippen molar-refractivity contribution in [2.75, 3.05) is 0 Å². The Morgan fingerprint density at radius 1 is 1.17 bits per heavy atom. The fourth-order valence-electron chi connectivity index (χ4n) is 2.03. The smallest absolute Gasteiger partial charge is 0.363 e. The van der Waals surface area contributed by atoms with Gasteiger partial charge in [0, 0.05) is 10.6 Å². The summed E-state index contributed by atoms with van der Waals surface area (Å²) in [5, 5.41) is 9.38. The first-order chi connectivity index (χ1) is 11.0. The third-order valence-corrected chi connectivity index (χ3v) is 3.39. The Kier molecular flexibility index (Phi) is 3.95. The van der Waals surface area contributed by atoms with E-state index in [0.717, 1.165) is 0 Å². The molecule has 3 rings (SSSR count). The second kappa shape index (κ2) is 6.06. The SMILES string of the molecule is O=C1OC(c2cccc(Cl)c2)=NC1=Cc1ccc(C(=O)O)cc1. The van der Waals surface area contributed by atoms with E-state index in [1.54, 1.807) is 36.4 Å². The molecule has 1 heterocycles. The van der Waals surface area contributed by atoms with Crippen molar-refractivity contribution in [2.24, 2.45) is 4.99 Å². The van der Waals surface area contributed by atoms with Crippen LogP contribution in [0, 0.1) is 0 Å². The molecule has 5 nitrogen and oxygen atoms in total. The van der Waals surface area contributed by atoms with Gasteiger partial charge in [0.1, 0.15) is 0 Å². The van der Waals surface area contributed by atoms with E-state index < -0.39 is 11.9 Å². The molecule has 1 N–H and O–H groups in total. The first kappa shape index (κ1) is 15.0. The number of aliphatic imine (C=N–C) groups is 1. The Morgan fingerprint density at radius 3 is 2.57 bits per heavy atom. The Bertz CT molecular complexity index is 853. The Balaban J connectivity index is 1.90. The van der Waals surface area contributed by atoms with Crippen LogP contribution >= 0.6 is 11.6 Å². The molecule has 0 unspecified atom stereocenters. The molecule has 0 saturated heterocycles. The summed E-state index contributed by atoms with van der Waals surface area (Å²) >= 11 is 5.91. The van der Waals surface area contributed by atoms with Crippen molar-refractivity contribution in [2.45, 2.75) is 0 Å². The van der Waals surface area contributed by atoms with Gasteiger partial charge in [-0.15, -0.1) is 0 Å². The van der Waals surface area contributed by atoms with E-state index in [-0.39, 0.29) is 17.2 Å². The standard InChI is InChI=1S/C17H10ClNO4/c18-13-3-1-2-12(9-13)15-19-14(17(22)23-15)8-10-4-6-11(7-5-10)16(20)21/h1-9H,(H,20,21). The number of carboxylic acids is 1. The summed E-state index contributed by atoms with van der Waals surface area (Å²) in [6, 6.07) is 12.9. The molecule has 0 amide bonds. The van der Waals surface area contributed by atoms with Crippen molar-refractivity contribution in [3.8, 4) is 0 Å².